The summed E-state index contributed by atoms with van der Waals surface area (Å²) in [5.74, 6) is -0.283. The molecule has 32 heavy (non-hydrogen) atoms. The van der Waals surface area contributed by atoms with E-state index in [9.17, 15) is 14.4 Å². The maximum atomic E-state index is 12.7. The highest BCUT2D eigenvalue weighted by molar-refractivity contribution is 7.14. The molecule has 4 amide bonds. The summed E-state index contributed by atoms with van der Waals surface area (Å²) in [6.07, 6.45) is 8.79. The summed E-state index contributed by atoms with van der Waals surface area (Å²) >= 11 is 1.41. The lowest BCUT2D eigenvalue weighted by atomic mass is 9.90. The van der Waals surface area contributed by atoms with Crippen molar-refractivity contribution >= 4 is 34.3 Å². The number of anilines is 1. The van der Waals surface area contributed by atoms with Crippen molar-refractivity contribution in [3.05, 3.63) is 34.7 Å². The quantitative estimate of drug-likeness (QED) is 0.640. The van der Waals surface area contributed by atoms with Crippen LogP contribution in [0.5, 0.6) is 0 Å². The van der Waals surface area contributed by atoms with Crippen LogP contribution in [0.3, 0.4) is 0 Å². The molecule has 1 aromatic heterocycles. The first kappa shape index (κ1) is 21.1. The van der Waals surface area contributed by atoms with Crippen LogP contribution in [-0.4, -0.2) is 39.8 Å². The molecule has 3 aliphatic rings. The van der Waals surface area contributed by atoms with E-state index in [-0.39, 0.29) is 30.8 Å². The van der Waals surface area contributed by atoms with Crippen LogP contribution in [0.2, 0.25) is 0 Å². The molecular weight excluding hydrogens is 424 g/mol. The number of thiazole rings is 1. The second-order valence-electron chi connectivity index (χ2n) is 9.06. The highest BCUT2D eigenvalue weighted by Crippen LogP contribution is 2.35. The van der Waals surface area contributed by atoms with Crippen LogP contribution >= 0.6 is 11.3 Å². The van der Waals surface area contributed by atoms with E-state index in [2.05, 4.69) is 33.8 Å². The molecular formula is C24H28N4O3S. The smallest absolute Gasteiger partial charge is 0.323 e. The number of rotatable bonds is 6. The van der Waals surface area contributed by atoms with Gasteiger partial charge >= 0.3 is 6.03 Å². The van der Waals surface area contributed by atoms with Crippen LogP contribution in [0.4, 0.5) is 9.93 Å². The first-order chi connectivity index (χ1) is 15.5. The Hall–Kier alpha value is -2.74. The van der Waals surface area contributed by atoms with Gasteiger partial charge in [-0.1, -0.05) is 25.0 Å². The van der Waals surface area contributed by atoms with Crippen molar-refractivity contribution in [3.63, 3.8) is 0 Å². The second-order valence-corrected chi connectivity index (χ2v) is 9.91. The summed E-state index contributed by atoms with van der Waals surface area (Å²) in [7, 11) is 0. The summed E-state index contributed by atoms with van der Waals surface area (Å²) in [6, 6.07) is 6.21. The lowest BCUT2D eigenvalue weighted by Crippen LogP contribution is -2.44. The van der Waals surface area contributed by atoms with Crippen molar-refractivity contribution < 1.29 is 14.4 Å². The van der Waals surface area contributed by atoms with E-state index in [1.54, 1.807) is 0 Å². The van der Waals surface area contributed by atoms with Crippen LogP contribution in [0.15, 0.2) is 23.6 Å². The summed E-state index contributed by atoms with van der Waals surface area (Å²) in [5.41, 5.74) is 4.12. The SMILES string of the molecule is O=C(CCCN1C(=O)NC2(CCCC2)C1=O)Nc1nc(-c2ccc3c(c2)CCCC3)cs1. The van der Waals surface area contributed by atoms with E-state index >= 15 is 0 Å². The molecule has 0 radical (unpaired) electrons. The van der Waals surface area contributed by atoms with Gasteiger partial charge in [0.25, 0.3) is 5.91 Å². The number of nitrogens with one attached hydrogen (secondary N) is 2. The molecule has 1 aromatic carbocycles. The lowest BCUT2D eigenvalue weighted by molar-refractivity contribution is -0.131. The van der Waals surface area contributed by atoms with Gasteiger partial charge in [-0.25, -0.2) is 9.78 Å². The van der Waals surface area contributed by atoms with Gasteiger partial charge in [0.1, 0.15) is 5.54 Å². The van der Waals surface area contributed by atoms with Crippen molar-refractivity contribution in [1.29, 1.82) is 0 Å². The Morgan fingerprint density at radius 1 is 1.12 bits per heavy atom. The average Bonchev–Trinajstić information content (AvgIpc) is 3.51. The van der Waals surface area contributed by atoms with Crippen LogP contribution in [0.25, 0.3) is 11.3 Å². The van der Waals surface area contributed by atoms with Crippen molar-refractivity contribution in [1.82, 2.24) is 15.2 Å². The highest BCUT2D eigenvalue weighted by Gasteiger charge is 2.52. The number of benzene rings is 1. The minimum absolute atomic E-state index is 0.130. The fourth-order valence-corrected chi connectivity index (χ4v) is 5.87. The number of aryl methyl sites for hydroxylation is 2. The van der Waals surface area contributed by atoms with Gasteiger partial charge in [0.05, 0.1) is 5.69 Å². The van der Waals surface area contributed by atoms with E-state index in [1.807, 2.05) is 5.38 Å². The molecule has 2 aromatic rings. The van der Waals surface area contributed by atoms with Crippen LogP contribution in [0, 0.1) is 0 Å². The van der Waals surface area contributed by atoms with Gasteiger partial charge in [-0.15, -0.1) is 11.3 Å². The first-order valence-corrected chi connectivity index (χ1v) is 12.4. The van der Waals surface area contributed by atoms with Crippen molar-refractivity contribution in [3.8, 4) is 11.3 Å². The molecule has 2 aliphatic carbocycles. The minimum atomic E-state index is -0.687. The van der Waals surface area contributed by atoms with Gasteiger partial charge in [-0.2, -0.15) is 0 Å². The van der Waals surface area contributed by atoms with E-state index < -0.39 is 5.54 Å². The Kier molecular flexibility index (Phi) is 5.71. The predicted molar refractivity (Wildman–Crippen MR) is 123 cm³/mol. The monoisotopic (exact) mass is 452 g/mol. The number of fused-ring (bicyclic) bond motifs is 1. The Labute approximate surface area is 191 Å². The van der Waals surface area contributed by atoms with Gasteiger partial charge < -0.3 is 10.6 Å². The van der Waals surface area contributed by atoms with E-state index in [1.165, 1.54) is 40.2 Å². The number of nitrogens with zero attached hydrogens (tertiary/aromatic N) is 2. The Bertz CT molecular complexity index is 1060. The third-order valence-corrected chi connectivity index (χ3v) is 7.64. The number of carbonyl (C=O) groups excluding carboxylic acids is 3. The fraction of sp³-hybridized carbons (Fsp3) is 0.500. The minimum Gasteiger partial charge on any atom is -0.323 e. The zero-order valence-electron chi connectivity index (χ0n) is 18.1. The molecule has 1 spiro atoms. The largest absolute Gasteiger partial charge is 0.325 e. The van der Waals surface area contributed by atoms with E-state index in [0.29, 0.717) is 24.4 Å². The zero-order chi connectivity index (χ0) is 22.1. The number of hydrogen-bond acceptors (Lipinski definition) is 5. The lowest BCUT2D eigenvalue weighted by Gasteiger charge is -2.19. The molecule has 1 saturated heterocycles. The van der Waals surface area contributed by atoms with Crippen molar-refractivity contribution in [2.45, 2.75) is 69.7 Å². The average molecular weight is 453 g/mol. The first-order valence-electron chi connectivity index (χ1n) is 11.6. The van der Waals surface area contributed by atoms with Crippen molar-refractivity contribution in [2.24, 2.45) is 0 Å². The van der Waals surface area contributed by atoms with Gasteiger partial charge in [0.2, 0.25) is 5.91 Å². The Morgan fingerprint density at radius 3 is 2.72 bits per heavy atom. The van der Waals surface area contributed by atoms with Gasteiger partial charge in [-0.05, 0) is 62.1 Å². The number of imide groups is 1. The Balaban J connectivity index is 1.13. The normalized spacial score (nSPS) is 19.3. The van der Waals surface area contributed by atoms with E-state index in [0.717, 1.165) is 36.9 Å². The molecule has 0 atom stereocenters. The standard InChI is InChI=1S/C24H28N4O3S/c29-20(8-5-13-28-21(30)24(27-23(28)31)11-3-4-12-24)26-22-25-19(15-32-22)18-10-9-16-6-1-2-7-17(16)14-18/h9-10,14-15H,1-8,11-13H2,(H,27,31)(H,25,26,29). The molecule has 7 nitrogen and oxygen atoms in total. The van der Waals surface area contributed by atoms with Gasteiger partial charge in [0.15, 0.2) is 5.13 Å². The topological polar surface area (TPSA) is 91.4 Å². The van der Waals surface area contributed by atoms with Crippen LogP contribution < -0.4 is 10.6 Å². The summed E-state index contributed by atoms with van der Waals surface area (Å²) in [6.45, 7) is 0.262. The maximum Gasteiger partial charge on any atom is 0.325 e. The van der Waals surface area contributed by atoms with Gasteiger partial charge in [-0.3, -0.25) is 14.5 Å². The third-order valence-electron chi connectivity index (χ3n) is 6.88. The third kappa shape index (κ3) is 4.03. The number of aromatic nitrogens is 1. The molecule has 1 saturated carbocycles. The second kappa shape index (κ2) is 8.65. The summed E-state index contributed by atoms with van der Waals surface area (Å²) in [5, 5.41) is 8.27. The molecule has 1 aliphatic heterocycles. The number of urea groups is 1. The Morgan fingerprint density at radius 2 is 1.91 bits per heavy atom. The number of amides is 4. The molecule has 8 heteroatoms. The highest BCUT2D eigenvalue weighted by atomic mass is 32.1. The number of hydrogen-bond donors (Lipinski definition) is 2. The van der Waals surface area contributed by atoms with Gasteiger partial charge in [0, 0.05) is 23.9 Å². The molecule has 2 N–H and O–H groups in total. The molecule has 0 bridgehead atoms. The summed E-state index contributed by atoms with van der Waals surface area (Å²) < 4.78 is 0. The predicted octanol–water partition coefficient (Wildman–Crippen LogP) is 4.27. The molecule has 2 heterocycles. The molecule has 168 valence electrons. The number of carbonyl (C=O) groups is 3. The molecule has 0 unspecified atom stereocenters. The maximum absolute atomic E-state index is 12.7. The fourth-order valence-electron chi connectivity index (χ4n) is 5.13. The summed E-state index contributed by atoms with van der Waals surface area (Å²) in [4.78, 5) is 43.1. The van der Waals surface area contributed by atoms with E-state index in [4.69, 9.17) is 0 Å². The van der Waals surface area contributed by atoms with Crippen LogP contribution in [0.1, 0.15) is 62.5 Å². The molecule has 5 rings (SSSR count). The molecule has 2 fully saturated rings. The zero-order valence-corrected chi connectivity index (χ0v) is 18.9. The van der Waals surface area contributed by atoms with Crippen LogP contribution in [-0.2, 0) is 22.4 Å². The van der Waals surface area contributed by atoms with Crippen molar-refractivity contribution in [2.75, 3.05) is 11.9 Å².